The van der Waals surface area contributed by atoms with Crippen LogP contribution >= 0.6 is 0 Å². The summed E-state index contributed by atoms with van der Waals surface area (Å²) in [6, 6.07) is 16.3. The van der Waals surface area contributed by atoms with Gasteiger partial charge in [0.2, 0.25) is 0 Å². The summed E-state index contributed by atoms with van der Waals surface area (Å²) in [5.74, 6) is 1.02. The van der Waals surface area contributed by atoms with Crippen LogP contribution in [-0.2, 0) is 0 Å². The quantitative estimate of drug-likeness (QED) is 0.516. The fraction of sp³-hybridized carbons (Fsp3) is 0.318. The number of amides is 2. The molecule has 1 aliphatic carbocycles. The number of carbonyl (C=O) groups excluding carboxylic acids is 1. The second kappa shape index (κ2) is 7.84. The number of imidazole rings is 1. The first-order valence-electron chi connectivity index (χ1n) is 9.81. The normalized spacial score (nSPS) is 15.7. The number of aromatic nitrogens is 2. The van der Waals surface area contributed by atoms with Crippen LogP contribution < -0.4 is 11.2 Å². The van der Waals surface area contributed by atoms with Gasteiger partial charge in [-0.15, -0.1) is 0 Å². The lowest BCUT2D eigenvalue weighted by Gasteiger charge is -2.25. The SMILES string of the molecule is C/C(=N\NC(N)=O)c1ccc2c(c1)nc(-c1ccccc1)n2C1CCCCC1. The van der Waals surface area contributed by atoms with Crippen LogP contribution in [-0.4, -0.2) is 21.3 Å². The first-order valence-corrected chi connectivity index (χ1v) is 9.81. The molecule has 0 spiro atoms. The highest BCUT2D eigenvalue weighted by Gasteiger charge is 2.22. The predicted molar refractivity (Wildman–Crippen MR) is 112 cm³/mol. The highest BCUT2D eigenvalue weighted by Crippen LogP contribution is 2.36. The summed E-state index contributed by atoms with van der Waals surface area (Å²) >= 11 is 0. The molecule has 28 heavy (non-hydrogen) atoms. The standard InChI is InChI=1S/C22H25N5O/c1-15(25-26-22(23)28)17-12-13-20-19(14-17)24-21(16-8-4-2-5-9-16)27(20)18-10-6-3-7-11-18/h2,4-5,8-9,12-14,18H,3,6-7,10-11H2,1H3,(H3,23,26,28)/b25-15+. The van der Waals surface area contributed by atoms with E-state index in [9.17, 15) is 4.79 Å². The molecule has 1 saturated carbocycles. The lowest BCUT2D eigenvalue weighted by molar-refractivity contribution is 0.249. The Morgan fingerprint density at radius 1 is 1.14 bits per heavy atom. The monoisotopic (exact) mass is 375 g/mol. The lowest BCUT2D eigenvalue weighted by Crippen LogP contribution is -2.25. The van der Waals surface area contributed by atoms with E-state index in [1.165, 1.54) is 32.1 Å². The number of carbonyl (C=O) groups is 1. The molecule has 3 N–H and O–H groups in total. The van der Waals surface area contributed by atoms with E-state index < -0.39 is 6.03 Å². The summed E-state index contributed by atoms with van der Waals surface area (Å²) < 4.78 is 2.42. The molecule has 2 amide bonds. The number of primary amides is 1. The number of hydrogen-bond acceptors (Lipinski definition) is 3. The van der Waals surface area contributed by atoms with Crippen molar-refractivity contribution in [3.63, 3.8) is 0 Å². The summed E-state index contributed by atoms with van der Waals surface area (Å²) in [7, 11) is 0. The zero-order valence-corrected chi connectivity index (χ0v) is 16.1. The number of fused-ring (bicyclic) bond motifs is 1. The molecule has 6 heteroatoms. The average molecular weight is 375 g/mol. The van der Waals surface area contributed by atoms with Crippen molar-refractivity contribution in [3.8, 4) is 11.4 Å². The average Bonchev–Trinajstić information content (AvgIpc) is 3.12. The molecule has 1 heterocycles. The third kappa shape index (κ3) is 3.63. The Bertz CT molecular complexity index is 1020. The third-order valence-electron chi connectivity index (χ3n) is 5.41. The smallest absolute Gasteiger partial charge is 0.332 e. The van der Waals surface area contributed by atoms with Gasteiger partial charge in [0.05, 0.1) is 16.7 Å². The van der Waals surface area contributed by atoms with Crippen LogP contribution in [0.2, 0.25) is 0 Å². The van der Waals surface area contributed by atoms with Gasteiger partial charge in [0.25, 0.3) is 0 Å². The van der Waals surface area contributed by atoms with Gasteiger partial charge in [0, 0.05) is 11.6 Å². The molecular formula is C22H25N5O. The van der Waals surface area contributed by atoms with Gasteiger partial charge in [0.15, 0.2) is 0 Å². The zero-order chi connectivity index (χ0) is 19.5. The van der Waals surface area contributed by atoms with E-state index in [0.29, 0.717) is 11.8 Å². The van der Waals surface area contributed by atoms with Crippen LogP contribution in [0, 0.1) is 0 Å². The molecule has 0 unspecified atom stereocenters. The van der Waals surface area contributed by atoms with Crippen molar-refractivity contribution in [1.82, 2.24) is 15.0 Å². The van der Waals surface area contributed by atoms with Crippen molar-refractivity contribution in [2.24, 2.45) is 10.8 Å². The van der Waals surface area contributed by atoms with Gasteiger partial charge in [-0.1, -0.05) is 55.7 Å². The Kier molecular flexibility index (Phi) is 5.10. The van der Waals surface area contributed by atoms with Gasteiger partial charge in [-0.25, -0.2) is 15.2 Å². The van der Waals surface area contributed by atoms with E-state index in [1.807, 2.05) is 25.1 Å². The van der Waals surface area contributed by atoms with E-state index in [1.54, 1.807) is 0 Å². The molecule has 4 rings (SSSR count). The van der Waals surface area contributed by atoms with E-state index in [-0.39, 0.29) is 0 Å². The van der Waals surface area contributed by atoms with Crippen LogP contribution in [0.1, 0.15) is 50.6 Å². The minimum atomic E-state index is -0.673. The maximum atomic E-state index is 10.9. The Morgan fingerprint density at radius 2 is 1.89 bits per heavy atom. The summed E-state index contributed by atoms with van der Waals surface area (Å²) in [6.45, 7) is 1.84. The second-order valence-electron chi connectivity index (χ2n) is 7.34. The largest absolute Gasteiger partial charge is 0.350 e. The number of nitrogens with zero attached hydrogens (tertiary/aromatic N) is 3. The maximum Gasteiger partial charge on any atom is 0.332 e. The van der Waals surface area contributed by atoms with Crippen LogP contribution in [0.3, 0.4) is 0 Å². The van der Waals surface area contributed by atoms with Gasteiger partial charge in [-0.2, -0.15) is 5.10 Å². The molecular weight excluding hydrogens is 350 g/mol. The highest BCUT2D eigenvalue weighted by atomic mass is 16.2. The second-order valence-corrected chi connectivity index (χ2v) is 7.34. The van der Waals surface area contributed by atoms with Crippen molar-refractivity contribution in [2.45, 2.75) is 45.1 Å². The van der Waals surface area contributed by atoms with Crippen molar-refractivity contribution >= 4 is 22.8 Å². The minimum Gasteiger partial charge on any atom is -0.350 e. The molecule has 144 valence electrons. The van der Waals surface area contributed by atoms with Crippen molar-refractivity contribution in [3.05, 3.63) is 54.1 Å². The Hall–Kier alpha value is -3.15. The van der Waals surface area contributed by atoms with E-state index in [2.05, 4.69) is 45.4 Å². The third-order valence-corrected chi connectivity index (χ3v) is 5.41. The Balaban J connectivity index is 1.82. The summed E-state index contributed by atoms with van der Waals surface area (Å²) in [6.07, 6.45) is 6.23. The molecule has 0 radical (unpaired) electrons. The zero-order valence-electron chi connectivity index (χ0n) is 16.1. The van der Waals surface area contributed by atoms with E-state index in [4.69, 9.17) is 10.7 Å². The maximum absolute atomic E-state index is 10.9. The fourth-order valence-electron chi connectivity index (χ4n) is 4.03. The van der Waals surface area contributed by atoms with E-state index in [0.717, 1.165) is 28.0 Å². The fourth-order valence-corrected chi connectivity index (χ4v) is 4.03. The molecule has 0 saturated heterocycles. The summed E-state index contributed by atoms with van der Waals surface area (Å²) in [5.41, 5.74) is 12.2. The molecule has 3 aromatic rings. The molecule has 1 fully saturated rings. The van der Waals surface area contributed by atoms with E-state index >= 15 is 0 Å². The first-order chi connectivity index (χ1) is 13.6. The molecule has 0 bridgehead atoms. The van der Waals surface area contributed by atoms with Crippen LogP contribution in [0.5, 0.6) is 0 Å². The molecule has 1 aliphatic rings. The molecule has 0 atom stereocenters. The van der Waals surface area contributed by atoms with Gasteiger partial charge >= 0.3 is 6.03 Å². The highest BCUT2D eigenvalue weighted by molar-refractivity contribution is 6.01. The molecule has 1 aromatic heterocycles. The number of urea groups is 1. The number of nitrogens with two attached hydrogens (primary N) is 1. The number of hydrazone groups is 1. The number of benzene rings is 2. The van der Waals surface area contributed by atoms with Crippen molar-refractivity contribution in [1.29, 1.82) is 0 Å². The molecule has 0 aliphatic heterocycles. The number of nitrogens with one attached hydrogen (secondary N) is 1. The summed E-state index contributed by atoms with van der Waals surface area (Å²) in [4.78, 5) is 15.9. The van der Waals surface area contributed by atoms with Gasteiger partial charge < -0.3 is 10.3 Å². The van der Waals surface area contributed by atoms with Crippen LogP contribution in [0.15, 0.2) is 53.6 Å². The first kappa shape index (κ1) is 18.2. The van der Waals surface area contributed by atoms with Gasteiger partial charge in [-0.3, -0.25) is 0 Å². The molecule has 2 aromatic carbocycles. The number of hydrogen-bond donors (Lipinski definition) is 2. The Labute approximate surface area is 164 Å². The molecule has 6 nitrogen and oxygen atoms in total. The van der Waals surface area contributed by atoms with Gasteiger partial charge in [0.1, 0.15) is 5.82 Å². The number of rotatable bonds is 4. The minimum absolute atomic E-state index is 0.478. The Morgan fingerprint density at radius 3 is 2.61 bits per heavy atom. The van der Waals surface area contributed by atoms with Crippen LogP contribution in [0.25, 0.3) is 22.4 Å². The van der Waals surface area contributed by atoms with Crippen LogP contribution in [0.4, 0.5) is 4.79 Å². The lowest BCUT2D eigenvalue weighted by atomic mass is 9.94. The van der Waals surface area contributed by atoms with Crippen molar-refractivity contribution in [2.75, 3.05) is 0 Å². The van der Waals surface area contributed by atoms with Gasteiger partial charge in [-0.05, 0) is 37.5 Å². The summed E-state index contributed by atoms with van der Waals surface area (Å²) in [5, 5.41) is 4.04. The van der Waals surface area contributed by atoms with Crippen molar-refractivity contribution < 1.29 is 4.79 Å². The topological polar surface area (TPSA) is 85.3 Å². The predicted octanol–water partition coefficient (Wildman–Crippen LogP) is 4.60.